The van der Waals surface area contributed by atoms with Gasteiger partial charge in [-0.1, -0.05) is 30.7 Å². The Hall–Kier alpha value is -1.83. The molecule has 7 nitrogen and oxygen atoms in total. The molecule has 0 saturated heterocycles. The van der Waals surface area contributed by atoms with Gasteiger partial charge in [-0.05, 0) is 39.1 Å². The molecule has 0 spiro atoms. The number of aryl methyl sites for hydroxylation is 1. The minimum atomic E-state index is -0.968. The summed E-state index contributed by atoms with van der Waals surface area (Å²) in [5, 5.41) is 11.4. The predicted octanol–water partition coefficient (Wildman–Crippen LogP) is 1.84. The average Bonchev–Trinajstić information content (AvgIpc) is 2.56. The lowest BCUT2D eigenvalue weighted by Crippen LogP contribution is -2.31. The van der Waals surface area contributed by atoms with Crippen molar-refractivity contribution in [3.63, 3.8) is 0 Å². The molecule has 1 atom stereocenters. The fourth-order valence-electron chi connectivity index (χ4n) is 1.75. The van der Waals surface area contributed by atoms with Crippen molar-refractivity contribution < 1.29 is 19.4 Å². The number of anilines is 1. The summed E-state index contributed by atoms with van der Waals surface area (Å²) in [7, 11) is 3.87. The summed E-state index contributed by atoms with van der Waals surface area (Å²) in [6, 6.07) is 5.29. The van der Waals surface area contributed by atoms with E-state index in [2.05, 4.69) is 18.0 Å². The van der Waals surface area contributed by atoms with Gasteiger partial charge in [0.25, 0.3) is 0 Å². The highest BCUT2D eigenvalue weighted by atomic mass is 35.5. The molecule has 0 aromatic heterocycles. The van der Waals surface area contributed by atoms with E-state index in [1.807, 2.05) is 37.2 Å². The molecule has 0 unspecified atom stereocenters. The first-order chi connectivity index (χ1) is 11.7. The second-order valence-corrected chi connectivity index (χ2v) is 5.97. The molecule has 4 N–H and O–H groups in total. The number of carboxylic acids is 1. The monoisotopic (exact) mass is 373 g/mol. The second kappa shape index (κ2) is 12.5. The van der Waals surface area contributed by atoms with Crippen LogP contribution in [0.3, 0.4) is 0 Å². The van der Waals surface area contributed by atoms with Crippen LogP contribution in [0.2, 0.25) is 5.02 Å². The van der Waals surface area contributed by atoms with Crippen LogP contribution in [0.5, 0.6) is 0 Å². The van der Waals surface area contributed by atoms with Crippen LogP contribution in [0.1, 0.15) is 19.4 Å². The molecule has 0 aliphatic rings. The molecular weight excluding hydrogens is 346 g/mol. The van der Waals surface area contributed by atoms with Gasteiger partial charge in [-0.25, -0.2) is 4.79 Å². The van der Waals surface area contributed by atoms with E-state index in [0.717, 1.165) is 17.7 Å². The van der Waals surface area contributed by atoms with Gasteiger partial charge in [0.1, 0.15) is 12.6 Å². The van der Waals surface area contributed by atoms with Crippen molar-refractivity contribution in [3.8, 4) is 0 Å². The van der Waals surface area contributed by atoms with Crippen LogP contribution in [-0.2, 0) is 20.7 Å². The van der Waals surface area contributed by atoms with Gasteiger partial charge in [0.15, 0.2) is 0 Å². The summed E-state index contributed by atoms with van der Waals surface area (Å²) >= 11 is 6.18. The number of carbonyl (C=O) groups is 2. The van der Waals surface area contributed by atoms with E-state index in [0.29, 0.717) is 18.2 Å². The topological polar surface area (TPSA) is 105 Å². The number of carboxylic acid groups (broad SMARTS) is 1. The number of hydrogen-bond acceptors (Lipinski definition) is 6. The first kappa shape index (κ1) is 23.2. The van der Waals surface area contributed by atoms with E-state index < -0.39 is 12.0 Å². The summed E-state index contributed by atoms with van der Waals surface area (Å²) in [5.41, 5.74) is 6.47. The molecule has 142 valence electrons. The molecule has 8 heteroatoms. The van der Waals surface area contributed by atoms with Crippen molar-refractivity contribution in [2.75, 3.05) is 39.1 Å². The largest absolute Gasteiger partial charge is 0.480 e. The third-order valence-electron chi connectivity index (χ3n) is 3.15. The van der Waals surface area contributed by atoms with Crippen molar-refractivity contribution in [2.24, 2.45) is 5.73 Å². The Labute approximate surface area is 154 Å². The Morgan fingerprint density at radius 2 is 2.00 bits per heavy atom. The summed E-state index contributed by atoms with van der Waals surface area (Å²) in [6.07, 6.45) is 0.852. The molecule has 0 aliphatic heterocycles. The lowest BCUT2D eigenvalue weighted by molar-refractivity contribution is -0.144. The van der Waals surface area contributed by atoms with Crippen LogP contribution < -0.4 is 11.1 Å². The van der Waals surface area contributed by atoms with Gasteiger partial charge in [0.05, 0.1) is 17.3 Å². The minimum absolute atomic E-state index is 0.270. The SMILES string of the molecule is CCc1cccc(Cl)c1N[C@@H](C)C(=O)OCCN(C)C.NCC(=O)O. The maximum Gasteiger partial charge on any atom is 0.328 e. The molecule has 0 fully saturated rings. The van der Waals surface area contributed by atoms with Crippen molar-refractivity contribution in [3.05, 3.63) is 28.8 Å². The van der Waals surface area contributed by atoms with Gasteiger partial charge < -0.3 is 25.8 Å². The molecule has 0 aliphatic carbocycles. The van der Waals surface area contributed by atoms with Crippen LogP contribution in [-0.4, -0.2) is 61.8 Å². The fourth-order valence-corrected chi connectivity index (χ4v) is 2.00. The van der Waals surface area contributed by atoms with Crippen LogP contribution in [0.4, 0.5) is 5.69 Å². The third-order valence-corrected chi connectivity index (χ3v) is 3.47. The number of hydrogen-bond donors (Lipinski definition) is 3. The van der Waals surface area contributed by atoms with Crippen LogP contribution >= 0.6 is 11.6 Å². The average molecular weight is 374 g/mol. The van der Waals surface area contributed by atoms with Gasteiger partial charge >= 0.3 is 11.9 Å². The minimum Gasteiger partial charge on any atom is -0.480 e. The van der Waals surface area contributed by atoms with Crippen molar-refractivity contribution >= 4 is 29.2 Å². The summed E-state index contributed by atoms with van der Waals surface area (Å²) < 4.78 is 5.21. The quantitative estimate of drug-likeness (QED) is 0.597. The third kappa shape index (κ3) is 9.91. The van der Waals surface area contributed by atoms with Crippen LogP contribution in [0.15, 0.2) is 18.2 Å². The van der Waals surface area contributed by atoms with Gasteiger partial charge in [-0.15, -0.1) is 0 Å². The molecule has 0 bridgehead atoms. The van der Waals surface area contributed by atoms with Gasteiger partial charge in [-0.2, -0.15) is 0 Å². The Kier molecular flexibility index (Phi) is 11.6. The predicted molar refractivity (Wildman–Crippen MR) is 100 cm³/mol. The van der Waals surface area contributed by atoms with E-state index in [4.69, 9.17) is 21.4 Å². The maximum absolute atomic E-state index is 11.9. The summed E-state index contributed by atoms with van der Waals surface area (Å²) in [6.45, 7) is 4.66. The van der Waals surface area contributed by atoms with Crippen LogP contribution in [0.25, 0.3) is 0 Å². The van der Waals surface area contributed by atoms with Crippen molar-refractivity contribution in [1.82, 2.24) is 4.90 Å². The molecule has 1 aromatic carbocycles. The van der Waals surface area contributed by atoms with Crippen molar-refractivity contribution in [2.45, 2.75) is 26.3 Å². The lowest BCUT2D eigenvalue weighted by atomic mass is 10.1. The number of likely N-dealkylation sites (N-methyl/N-ethyl adjacent to an activating group) is 1. The highest BCUT2D eigenvalue weighted by molar-refractivity contribution is 6.33. The Bertz CT molecular complexity index is 553. The Morgan fingerprint density at radius 3 is 2.48 bits per heavy atom. The molecule has 1 rings (SSSR count). The zero-order valence-electron chi connectivity index (χ0n) is 15.2. The maximum atomic E-state index is 11.9. The molecule has 1 aromatic rings. The van der Waals surface area contributed by atoms with Crippen molar-refractivity contribution in [1.29, 1.82) is 0 Å². The lowest BCUT2D eigenvalue weighted by Gasteiger charge is -2.18. The number of aliphatic carboxylic acids is 1. The number of nitrogens with two attached hydrogens (primary N) is 1. The number of benzene rings is 1. The van der Waals surface area contributed by atoms with Crippen LogP contribution in [0, 0.1) is 0 Å². The highest BCUT2D eigenvalue weighted by Gasteiger charge is 2.17. The number of nitrogens with zero attached hydrogens (tertiary/aromatic N) is 1. The van der Waals surface area contributed by atoms with E-state index in [1.54, 1.807) is 6.92 Å². The van der Waals surface area contributed by atoms with E-state index in [-0.39, 0.29) is 12.5 Å². The summed E-state index contributed by atoms with van der Waals surface area (Å²) in [5.74, 6) is -1.24. The number of rotatable bonds is 8. The standard InChI is InChI=1S/C15H23ClN2O2.C2H5NO2/c1-5-12-7-6-8-13(16)14(12)17-11(2)15(19)20-10-9-18(3)4;3-1-2(4)5/h6-8,11,17H,5,9-10H2,1-4H3;1,3H2,(H,4,5)/t11-;/m0./s1. The fraction of sp³-hybridized carbons (Fsp3) is 0.529. The Morgan fingerprint density at radius 1 is 1.40 bits per heavy atom. The Balaban J connectivity index is 0.00000101. The molecule has 0 saturated carbocycles. The number of esters is 1. The second-order valence-electron chi connectivity index (χ2n) is 5.56. The first-order valence-electron chi connectivity index (χ1n) is 8.00. The first-order valence-corrected chi connectivity index (χ1v) is 8.37. The smallest absolute Gasteiger partial charge is 0.328 e. The van der Waals surface area contributed by atoms with E-state index >= 15 is 0 Å². The normalized spacial score (nSPS) is 11.3. The zero-order valence-corrected chi connectivity index (χ0v) is 16.0. The number of ether oxygens (including phenoxy) is 1. The molecule has 0 heterocycles. The van der Waals surface area contributed by atoms with E-state index in [9.17, 15) is 9.59 Å². The number of nitrogens with one attached hydrogen (secondary N) is 1. The molecule has 0 radical (unpaired) electrons. The molecule has 25 heavy (non-hydrogen) atoms. The van der Waals surface area contributed by atoms with E-state index in [1.165, 1.54) is 0 Å². The van der Waals surface area contributed by atoms with Gasteiger partial charge in [0, 0.05) is 6.54 Å². The number of para-hydroxylation sites is 1. The highest BCUT2D eigenvalue weighted by Crippen LogP contribution is 2.27. The zero-order chi connectivity index (χ0) is 19.4. The van der Waals surface area contributed by atoms with Gasteiger partial charge in [-0.3, -0.25) is 4.79 Å². The summed E-state index contributed by atoms with van der Waals surface area (Å²) in [4.78, 5) is 23.1. The molecular formula is C17H28ClN3O4. The number of halogens is 1. The van der Waals surface area contributed by atoms with Gasteiger partial charge in [0.2, 0.25) is 0 Å². The molecule has 0 amide bonds. The number of carbonyl (C=O) groups excluding carboxylic acids is 1.